The average Bonchev–Trinajstić information content (AvgIpc) is 3.38. The minimum Gasteiger partial charge on any atom is -0.486 e. The van der Waals surface area contributed by atoms with Crippen LogP contribution in [0.4, 0.5) is 5.69 Å². The van der Waals surface area contributed by atoms with E-state index in [9.17, 15) is 9.59 Å². The molecule has 2 N–H and O–H groups in total. The first-order chi connectivity index (χ1) is 14.5. The van der Waals surface area contributed by atoms with Gasteiger partial charge in [-0.1, -0.05) is 23.5 Å². The van der Waals surface area contributed by atoms with Crippen LogP contribution >= 0.6 is 11.3 Å². The molecule has 0 spiro atoms. The van der Waals surface area contributed by atoms with Crippen molar-refractivity contribution >= 4 is 28.8 Å². The van der Waals surface area contributed by atoms with Crippen molar-refractivity contribution in [3.8, 4) is 5.75 Å². The highest BCUT2D eigenvalue weighted by atomic mass is 32.1. The van der Waals surface area contributed by atoms with Crippen molar-refractivity contribution in [1.29, 1.82) is 0 Å². The second-order valence-electron chi connectivity index (χ2n) is 7.40. The Bertz CT molecular complexity index is 1070. The van der Waals surface area contributed by atoms with Crippen LogP contribution in [0.2, 0.25) is 0 Å². The smallest absolute Gasteiger partial charge is 0.286 e. The molecule has 1 saturated carbocycles. The molecule has 0 atom stereocenters. The molecule has 2 aromatic carbocycles. The molecule has 1 fully saturated rings. The number of carbonyl (C=O) groups is 2. The lowest BCUT2D eigenvalue weighted by Gasteiger charge is -2.07. The van der Waals surface area contributed by atoms with Crippen LogP contribution in [0.25, 0.3) is 0 Å². The molecule has 1 aliphatic rings. The minimum absolute atomic E-state index is 0.129. The van der Waals surface area contributed by atoms with E-state index in [0.29, 0.717) is 16.3 Å². The maximum atomic E-state index is 12.5. The van der Waals surface area contributed by atoms with Crippen LogP contribution < -0.4 is 15.4 Å². The van der Waals surface area contributed by atoms with Crippen molar-refractivity contribution in [3.05, 3.63) is 69.2 Å². The number of hydrogen-bond acceptors (Lipinski definition) is 6. The molecule has 7 nitrogen and oxygen atoms in total. The van der Waals surface area contributed by atoms with Crippen molar-refractivity contribution < 1.29 is 14.3 Å². The molecular formula is C22H22N4O3S. The predicted molar refractivity (Wildman–Crippen MR) is 115 cm³/mol. The number of nitrogens with one attached hydrogen (secondary N) is 2. The number of ether oxygens (including phenoxy) is 1. The molecule has 154 valence electrons. The Morgan fingerprint density at radius 2 is 1.83 bits per heavy atom. The van der Waals surface area contributed by atoms with Crippen molar-refractivity contribution in [3.63, 3.8) is 0 Å². The number of benzene rings is 2. The molecule has 1 heterocycles. The van der Waals surface area contributed by atoms with Crippen LogP contribution in [-0.2, 0) is 6.61 Å². The van der Waals surface area contributed by atoms with Crippen molar-refractivity contribution in [2.75, 3.05) is 5.32 Å². The van der Waals surface area contributed by atoms with Gasteiger partial charge in [0.25, 0.3) is 11.8 Å². The van der Waals surface area contributed by atoms with Crippen LogP contribution in [-0.4, -0.2) is 28.1 Å². The molecule has 0 bridgehead atoms. The number of aromatic nitrogens is 2. The first-order valence-corrected chi connectivity index (χ1v) is 10.5. The summed E-state index contributed by atoms with van der Waals surface area (Å²) in [5.41, 5.74) is 3.29. The van der Waals surface area contributed by atoms with Gasteiger partial charge in [-0.3, -0.25) is 9.59 Å². The second kappa shape index (κ2) is 8.62. The molecule has 0 aliphatic heterocycles. The third-order valence-corrected chi connectivity index (χ3v) is 5.41. The summed E-state index contributed by atoms with van der Waals surface area (Å²) in [6, 6.07) is 13.1. The number of rotatable bonds is 7. The van der Waals surface area contributed by atoms with Gasteiger partial charge in [-0.15, -0.1) is 10.2 Å². The van der Waals surface area contributed by atoms with E-state index in [2.05, 4.69) is 26.9 Å². The fourth-order valence-electron chi connectivity index (χ4n) is 2.98. The normalized spacial score (nSPS) is 13.0. The Hall–Kier alpha value is -3.26. The van der Waals surface area contributed by atoms with Gasteiger partial charge < -0.3 is 15.4 Å². The Labute approximate surface area is 178 Å². The van der Waals surface area contributed by atoms with Crippen molar-refractivity contribution in [2.45, 2.75) is 39.3 Å². The van der Waals surface area contributed by atoms with Gasteiger partial charge in [0.1, 0.15) is 12.4 Å². The SMILES string of the molecule is Cc1cc(C)cc(OCc2nnc(C(=O)Nc3cccc(C(=O)NC4CC4)c3)s2)c1. The maximum absolute atomic E-state index is 12.5. The second-order valence-corrected chi connectivity index (χ2v) is 8.46. The molecule has 0 radical (unpaired) electrons. The number of nitrogens with zero attached hydrogens (tertiary/aromatic N) is 2. The largest absolute Gasteiger partial charge is 0.486 e. The monoisotopic (exact) mass is 422 g/mol. The summed E-state index contributed by atoms with van der Waals surface area (Å²) in [5.74, 6) is 0.259. The van der Waals surface area contributed by atoms with Crippen molar-refractivity contribution in [2.24, 2.45) is 0 Å². The van der Waals surface area contributed by atoms with E-state index >= 15 is 0 Å². The maximum Gasteiger partial charge on any atom is 0.286 e. The number of aryl methyl sites for hydroxylation is 2. The lowest BCUT2D eigenvalue weighted by atomic mass is 10.1. The van der Waals surface area contributed by atoms with E-state index in [0.717, 1.165) is 29.7 Å². The Balaban J connectivity index is 1.36. The van der Waals surface area contributed by atoms with E-state index in [1.165, 1.54) is 11.3 Å². The molecular weight excluding hydrogens is 400 g/mol. The van der Waals surface area contributed by atoms with Gasteiger partial charge in [0.2, 0.25) is 5.01 Å². The molecule has 1 aromatic heterocycles. The fourth-order valence-corrected chi connectivity index (χ4v) is 3.63. The third-order valence-electron chi connectivity index (χ3n) is 4.51. The first kappa shape index (κ1) is 20.0. The van der Waals surface area contributed by atoms with Gasteiger partial charge in [-0.25, -0.2) is 0 Å². The highest BCUT2D eigenvalue weighted by Crippen LogP contribution is 2.21. The molecule has 3 aromatic rings. The number of amides is 2. The molecule has 30 heavy (non-hydrogen) atoms. The number of hydrogen-bond donors (Lipinski definition) is 2. The lowest BCUT2D eigenvalue weighted by molar-refractivity contribution is 0.0949. The van der Waals surface area contributed by atoms with Gasteiger partial charge in [0, 0.05) is 17.3 Å². The van der Waals surface area contributed by atoms with Crippen molar-refractivity contribution in [1.82, 2.24) is 15.5 Å². The summed E-state index contributed by atoms with van der Waals surface area (Å²) >= 11 is 1.18. The third kappa shape index (κ3) is 5.21. The van der Waals surface area contributed by atoms with E-state index in [4.69, 9.17) is 4.74 Å². The quantitative estimate of drug-likeness (QED) is 0.603. The van der Waals surface area contributed by atoms with Gasteiger partial charge in [0.05, 0.1) is 0 Å². The Kier molecular flexibility index (Phi) is 5.76. The van der Waals surface area contributed by atoms with E-state index in [-0.39, 0.29) is 29.5 Å². The minimum atomic E-state index is -0.370. The zero-order chi connectivity index (χ0) is 21.1. The Morgan fingerprint density at radius 3 is 2.57 bits per heavy atom. The molecule has 4 rings (SSSR count). The number of anilines is 1. The van der Waals surface area contributed by atoms with Crippen LogP contribution in [0.1, 0.15) is 49.1 Å². The van der Waals surface area contributed by atoms with Gasteiger partial charge in [-0.2, -0.15) is 0 Å². The zero-order valence-corrected chi connectivity index (χ0v) is 17.6. The summed E-state index contributed by atoms with van der Waals surface area (Å²) in [5, 5.41) is 14.6. The highest BCUT2D eigenvalue weighted by Gasteiger charge is 2.24. The predicted octanol–water partition coefficient (Wildman–Crippen LogP) is 3.88. The molecule has 2 amide bonds. The van der Waals surface area contributed by atoms with Gasteiger partial charge in [0.15, 0.2) is 5.01 Å². The van der Waals surface area contributed by atoms with Gasteiger partial charge >= 0.3 is 0 Å². The number of carbonyl (C=O) groups excluding carboxylic acids is 2. The van der Waals surface area contributed by atoms with Gasteiger partial charge in [-0.05, 0) is 68.1 Å². The summed E-state index contributed by atoms with van der Waals surface area (Å²) in [6.07, 6.45) is 2.05. The Morgan fingerprint density at radius 1 is 1.07 bits per heavy atom. The standard InChI is InChI=1S/C22H22N4O3S/c1-13-8-14(2)10-18(9-13)29-12-19-25-26-22(30-19)21(28)24-17-5-3-4-15(11-17)20(27)23-16-6-7-16/h3-5,8-11,16H,6-7,12H2,1-2H3,(H,23,27)(H,24,28). The van der Waals surface area contributed by atoms with Crippen LogP contribution in [0.3, 0.4) is 0 Å². The topological polar surface area (TPSA) is 93.2 Å². The zero-order valence-electron chi connectivity index (χ0n) is 16.8. The average molecular weight is 423 g/mol. The van der Waals surface area contributed by atoms with E-state index in [1.54, 1.807) is 24.3 Å². The van der Waals surface area contributed by atoms with E-state index in [1.807, 2.05) is 26.0 Å². The summed E-state index contributed by atoms with van der Waals surface area (Å²) < 4.78 is 5.78. The highest BCUT2D eigenvalue weighted by molar-refractivity contribution is 7.13. The van der Waals surface area contributed by atoms with Crippen LogP contribution in [0, 0.1) is 13.8 Å². The summed E-state index contributed by atoms with van der Waals surface area (Å²) in [6.45, 7) is 4.26. The summed E-state index contributed by atoms with van der Waals surface area (Å²) in [4.78, 5) is 24.7. The molecule has 1 aliphatic carbocycles. The molecule has 0 unspecified atom stereocenters. The lowest BCUT2D eigenvalue weighted by Crippen LogP contribution is -2.25. The van der Waals surface area contributed by atoms with Crippen LogP contribution in [0.15, 0.2) is 42.5 Å². The summed E-state index contributed by atoms with van der Waals surface area (Å²) in [7, 11) is 0. The van der Waals surface area contributed by atoms with E-state index < -0.39 is 0 Å². The molecule has 8 heteroatoms. The van der Waals surface area contributed by atoms with Crippen LogP contribution in [0.5, 0.6) is 5.75 Å². The fraction of sp³-hybridized carbons (Fsp3) is 0.273. The molecule has 0 saturated heterocycles. The first-order valence-electron chi connectivity index (χ1n) is 9.72.